The van der Waals surface area contributed by atoms with Gasteiger partial charge in [0.2, 0.25) is 6.79 Å². The first-order valence-electron chi connectivity index (χ1n) is 11.0. The van der Waals surface area contributed by atoms with Crippen LogP contribution in [0.15, 0.2) is 36.4 Å². The third-order valence-electron chi connectivity index (χ3n) is 6.51. The Balaban J connectivity index is 1.91. The summed E-state index contributed by atoms with van der Waals surface area (Å²) in [6.45, 7) is 1.58. The van der Waals surface area contributed by atoms with Crippen molar-refractivity contribution < 1.29 is 40.6 Å². The zero-order chi connectivity index (χ0) is 26.3. The number of benzene rings is 2. The van der Waals surface area contributed by atoms with Crippen molar-refractivity contribution in [3.8, 4) is 11.5 Å². The number of halogens is 6. The Bertz CT molecular complexity index is 1100. The summed E-state index contributed by atoms with van der Waals surface area (Å²) in [5, 5.41) is 0. The van der Waals surface area contributed by atoms with E-state index in [1.807, 2.05) is 11.9 Å². The van der Waals surface area contributed by atoms with Crippen LogP contribution in [0, 0.1) is 0 Å². The lowest BCUT2D eigenvalue weighted by Crippen LogP contribution is -2.63. The zero-order valence-electron chi connectivity index (χ0n) is 19.2. The molecular weight excluding hydrogens is 494 g/mol. The van der Waals surface area contributed by atoms with E-state index in [4.69, 9.17) is 15.3 Å². The molecule has 4 rings (SSSR count). The van der Waals surface area contributed by atoms with Crippen LogP contribution in [0.1, 0.15) is 22.3 Å². The average Bonchev–Trinajstić information content (AvgIpc) is 3.29. The molecule has 1 atom stereocenters. The molecule has 0 bridgehead atoms. The van der Waals surface area contributed by atoms with E-state index in [9.17, 15) is 31.1 Å². The predicted octanol–water partition coefficient (Wildman–Crippen LogP) is 3.13. The summed E-state index contributed by atoms with van der Waals surface area (Å²) < 4.78 is 92.0. The van der Waals surface area contributed by atoms with Gasteiger partial charge in [0.1, 0.15) is 5.54 Å². The van der Waals surface area contributed by atoms with Gasteiger partial charge in [0.25, 0.3) is 5.91 Å². The summed E-state index contributed by atoms with van der Waals surface area (Å²) in [7, 11) is 1.87. The van der Waals surface area contributed by atoms with E-state index in [1.165, 1.54) is 6.07 Å². The van der Waals surface area contributed by atoms with Crippen molar-refractivity contribution >= 4 is 5.91 Å². The quantitative estimate of drug-likeness (QED) is 0.274. The number of nitrogens with two attached hydrogens (primary N) is 1. The molecule has 2 aromatic carbocycles. The third-order valence-corrected chi connectivity index (χ3v) is 6.51. The lowest BCUT2D eigenvalue weighted by Gasteiger charge is -2.46. The second-order valence-corrected chi connectivity index (χ2v) is 8.78. The van der Waals surface area contributed by atoms with E-state index < -0.39 is 41.3 Å². The molecule has 0 radical (unpaired) electrons. The number of alkyl halides is 6. The van der Waals surface area contributed by atoms with Gasteiger partial charge >= 0.3 is 12.4 Å². The minimum atomic E-state index is -5.03. The highest BCUT2D eigenvalue weighted by molar-refractivity contribution is 5.88. The van der Waals surface area contributed by atoms with Crippen LogP contribution in [0.25, 0.3) is 0 Å². The highest BCUT2D eigenvalue weighted by atomic mass is 19.4. The lowest BCUT2D eigenvalue weighted by molar-refractivity contribution is -0.143. The molecule has 2 aromatic rings. The van der Waals surface area contributed by atoms with Crippen molar-refractivity contribution in [2.75, 3.05) is 40.0 Å². The van der Waals surface area contributed by atoms with E-state index >= 15 is 0 Å². The Morgan fingerprint density at radius 2 is 1.47 bits per heavy atom. The smallest absolute Gasteiger partial charge is 0.416 e. The van der Waals surface area contributed by atoms with E-state index in [0.717, 1.165) is 0 Å². The van der Waals surface area contributed by atoms with Crippen LogP contribution in [0.4, 0.5) is 26.3 Å². The van der Waals surface area contributed by atoms with Gasteiger partial charge in [-0.1, -0.05) is 6.07 Å². The molecule has 2 aliphatic heterocycles. The number of rotatable bonds is 5. The highest BCUT2D eigenvalue weighted by Crippen LogP contribution is 2.42. The summed E-state index contributed by atoms with van der Waals surface area (Å²) in [5.74, 6) is 5.46. The number of nitrogens with one attached hydrogen (secondary N) is 1. The molecule has 196 valence electrons. The molecule has 2 aliphatic rings. The number of carbonyl (C=O) groups excluding carboxylic acids is 1. The molecule has 36 heavy (non-hydrogen) atoms. The molecule has 1 amide bonds. The minimum absolute atomic E-state index is 0.0601. The Morgan fingerprint density at radius 3 is 2.03 bits per heavy atom. The lowest BCUT2D eigenvalue weighted by atomic mass is 9.80. The predicted molar refractivity (Wildman–Crippen MR) is 116 cm³/mol. The van der Waals surface area contributed by atoms with E-state index in [-0.39, 0.29) is 18.4 Å². The van der Waals surface area contributed by atoms with Crippen molar-refractivity contribution in [2.24, 2.45) is 5.84 Å². The van der Waals surface area contributed by atoms with Gasteiger partial charge in [-0.05, 0) is 48.5 Å². The van der Waals surface area contributed by atoms with Gasteiger partial charge in [-0.2, -0.15) is 26.3 Å². The fourth-order valence-corrected chi connectivity index (χ4v) is 4.63. The summed E-state index contributed by atoms with van der Waals surface area (Å²) in [6.07, 6.45) is -10.6. The van der Waals surface area contributed by atoms with Crippen LogP contribution < -0.4 is 20.7 Å². The SMILES string of the molecule is CN1CCN(C(Cc2cc(C(F)(F)F)cc(C(F)(F)F)c2)(C(=O)NN)c2ccc3c(c2)OCO3)CC1. The second-order valence-electron chi connectivity index (χ2n) is 8.78. The number of hydrogen-bond donors (Lipinski definition) is 2. The normalized spacial score (nSPS) is 18.7. The molecule has 2 heterocycles. The Hall–Kier alpha value is -3.03. The Kier molecular flexibility index (Phi) is 6.84. The maximum absolute atomic E-state index is 13.6. The first-order chi connectivity index (χ1) is 16.8. The number of hydrazine groups is 1. The number of carbonyl (C=O) groups is 1. The summed E-state index contributed by atoms with van der Waals surface area (Å²) in [4.78, 5) is 17.2. The van der Waals surface area contributed by atoms with E-state index in [1.54, 1.807) is 17.0 Å². The van der Waals surface area contributed by atoms with Crippen LogP contribution in [0.3, 0.4) is 0 Å². The van der Waals surface area contributed by atoms with E-state index in [0.29, 0.717) is 55.4 Å². The van der Waals surface area contributed by atoms with Crippen LogP contribution in [-0.4, -0.2) is 55.7 Å². The maximum atomic E-state index is 13.6. The second kappa shape index (κ2) is 9.45. The van der Waals surface area contributed by atoms with Gasteiger partial charge in [-0.15, -0.1) is 0 Å². The topological polar surface area (TPSA) is 80.1 Å². The van der Waals surface area contributed by atoms with Crippen LogP contribution in [-0.2, 0) is 29.1 Å². The van der Waals surface area contributed by atoms with Gasteiger partial charge in [-0.25, -0.2) is 5.84 Å². The Labute approximate surface area is 202 Å². The molecule has 0 spiro atoms. The van der Waals surface area contributed by atoms with Crippen molar-refractivity contribution in [3.05, 3.63) is 58.7 Å². The van der Waals surface area contributed by atoms with Crippen LogP contribution in [0.5, 0.6) is 11.5 Å². The Morgan fingerprint density at radius 1 is 0.889 bits per heavy atom. The number of hydrogen-bond acceptors (Lipinski definition) is 6. The molecule has 0 aromatic heterocycles. The summed E-state index contributed by atoms with van der Waals surface area (Å²) in [6, 6.07) is 5.92. The standard InChI is InChI=1S/C23H24F6N4O3/c1-32-4-6-33(7-5-32)21(20(34)31-30,15-2-3-18-19(11-15)36-13-35-18)12-14-8-16(22(24,25)26)10-17(9-14)23(27,28)29/h2-3,8-11H,4-7,12-13,30H2,1H3,(H,31,34). The molecule has 1 unspecified atom stereocenters. The fraction of sp³-hybridized carbons (Fsp3) is 0.435. The number of ether oxygens (including phenoxy) is 2. The maximum Gasteiger partial charge on any atom is 0.416 e. The van der Waals surface area contributed by atoms with Crippen LogP contribution in [0.2, 0.25) is 0 Å². The van der Waals surface area contributed by atoms with Gasteiger partial charge in [0.15, 0.2) is 11.5 Å². The van der Waals surface area contributed by atoms with Crippen molar-refractivity contribution in [3.63, 3.8) is 0 Å². The number of piperazine rings is 1. The summed E-state index contributed by atoms with van der Waals surface area (Å²) >= 11 is 0. The molecule has 7 nitrogen and oxygen atoms in total. The molecule has 3 N–H and O–H groups in total. The molecule has 13 heteroatoms. The largest absolute Gasteiger partial charge is 0.454 e. The third kappa shape index (κ3) is 4.95. The van der Waals surface area contributed by atoms with Gasteiger partial charge in [-0.3, -0.25) is 15.1 Å². The van der Waals surface area contributed by atoms with Crippen molar-refractivity contribution in [1.29, 1.82) is 0 Å². The number of likely N-dealkylation sites (N-methyl/N-ethyl adjacent to an activating group) is 1. The molecule has 0 saturated carbocycles. The van der Waals surface area contributed by atoms with Gasteiger partial charge < -0.3 is 14.4 Å². The van der Waals surface area contributed by atoms with Crippen LogP contribution >= 0.6 is 0 Å². The number of nitrogens with zero attached hydrogens (tertiary/aromatic N) is 2. The van der Waals surface area contributed by atoms with Crippen molar-refractivity contribution in [1.82, 2.24) is 15.2 Å². The van der Waals surface area contributed by atoms with Gasteiger partial charge in [0, 0.05) is 32.6 Å². The molecule has 1 saturated heterocycles. The average molecular weight is 518 g/mol. The molecular formula is C23H24F6N4O3. The zero-order valence-corrected chi connectivity index (χ0v) is 19.2. The van der Waals surface area contributed by atoms with E-state index in [2.05, 4.69) is 5.43 Å². The first kappa shape index (κ1) is 26.0. The van der Waals surface area contributed by atoms with Crippen molar-refractivity contribution in [2.45, 2.75) is 24.3 Å². The highest BCUT2D eigenvalue weighted by Gasteiger charge is 2.48. The number of fused-ring (bicyclic) bond motifs is 1. The summed E-state index contributed by atoms with van der Waals surface area (Å²) in [5.41, 5.74) is -2.60. The monoisotopic (exact) mass is 518 g/mol. The molecule has 1 fully saturated rings. The van der Waals surface area contributed by atoms with Gasteiger partial charge in [0.05, 0.1) is 11.1 Å². The molecule has 0 aliphatic carbocycles. The number of amides is 1. The minimum Gasteiger partial charge on any atom is -0.454 e. The first-order valence-corrected chi connectivity index (χ1v) is 11.0. The fourth-order valence-electron chi connectivity index (χ4n) is 4.63.